The molecule has 16 heavy (non-hydrogen) atoms. The molecule has 0 nitrogen and oxygen atoms in total. The molecular weight excluding hydrogens is 206 g/mol. The van der Waals surface area contributed by atoms with Crippen LogP contribution in [0.25, 0.3) is 10.8 Å². The summed E-state index contributed by atoms with van der Waals surface area (Å²) in [7, 11) is 0. The Hall–Kier alpha value is -1.44. The second kappa shape index (κ2) is 4.20. The van der Waals surface area contributed by atoms with Crippen molar-refractivity contribution in [2.75, 3.05) is 0 Å². The van der Waals surface area contributed by atoms with Crippen LogP contribution in [0.3, 0.4) is 0 Å². The second-order valence-electron chi connectivity index (χ2n) is 3.87. The first-order chi connectivity index (χ1) is 7.69. The van der Waals surface area contributed by atoms with E-state index >= 15 is 0 Å². The van der Waals surface area contributed by atoms with Gasteiger partial charge in [0.05, 0.1) is 0 Å². The van der Waals surface area contributed by atoms with E-state index in [9.17, 15) is 8.78 Å². The van der Waals surface area contributed by atoms with E-state index in [0.29, 0.717) is 17.4 Å². The second-order valence-corrected chi connectivity index (χ2v) is 3.87. The highest BCUT2D eigenvalue weighted by Gasteiger charge is 2.13. The van der Waals surface area contributed by atoms with E-state index in [0.717, 1.165) is 23.4 Å². The zero-order valence-corrected chi connectivity index (χ0v) is 9.48. The van der Waals surface area contributed by atoms with Crippen molar-refractivity contribution in [1.82, 2.24) is 0 Å². The third-order valence-corrected chi connectivity index (χ3v) is 2.99. The minimum Gasteiger partial charge on any atom is -0.207 e. The zero-order valence-electron chi connectivity index (χ0n) is 9.48. The molecule has 84 valence electrons. The molecule has 0 heterocycles. The third kappa shape index (κ3) is 1.58. The lowest BCUT2D eigenvalue weighted by atomic mass is 9.95. The molecule has 0 aliphatic carbocycles. The summed E-state index contributed by atoms with van der Waals surface area (Å²) in [6.07, 6.45) is 1.37. The molecule has 0 aromatic heterocycles. The average Bonchev–Trinajstić information content (AvgIpc) is 2.29. The van der Waals surface area contributed by atoms with Gasteiger partial charge in [0, 0.05) is 11.5 Å². The molecule has 0 atom stereocenters. The summed E-state index contributed by atoms with van der Waals surface area (Å²) in [5, 5.41) is 1.28. The van der Waals surface area contributed by atoms with Crippen LogP contribution in [0.4, 0.5) is 8.78 Å². The number of benzene rings is 2. The van der Waals surface area contributed by atoms with Crippen molar-refractivity contribution < 1.29 is 8.78 Å². The van der Waals surface area contributed by atoms with E-state index in [4.69, 9.17) is 0 Å². The summed E-state index contributed by atoms with van der Waals surface area (Å²) in [5.74, 6) is -0.909. The third-order valence-electron chi connectivity index (χ3n) is 2.99. The van der Waals surface area contributed by atoms with Gasteiger partial charge < -0.3 is 0 Å². The van der Waals surface area contributed by atoms with Gasteiger partial charge in [-0.25, -0.2) is 8.78 Å². The summed E-state index contributed by atoms with van der Waals surface area (Å²) < 4.78 is 27.3. The van der Waals surface area contributed by atoms with Gasteiger partial charge in [-0.1, -0.05) is 32.0 Å². The number of hydrogen-bond acceptors (Lipinski definition) is 0. The highest BCUT2D eigenvalue weighted by molar-refractivity contribution is 5.89. The van der Waals surface area contributed by atoms with Gasteiger partial charge in [-0.2, -0.15) is 0 Å². The van der Waals surface area contributed by atoms with E-state index in [1.54, 1.807) is 6.07 Å². The summed E-state index contributed by atoms with van der Waals surface area (Å²) in [6, 6.07) is 6.45. The number of rotatable bonds is 2. The van der Waals surface area contributed by atoms with Gasteiger partial charge >= 0.3 is 0 Å². The molecule has 2 rings (SSSR count). The predicted molar refractivity (Wildman–Crippen MR) is 62.6 cm³/mol. The van der Waals surface area contributed by atoms with Crippen molar-refractivity contribution >= 4 is 10.8 Å². The van der Waals surface area contributed by atoms with Gasteiger partial charge in [0.15, 0.2) is 0 Å². The average molecular weight is 220 g/mol. The molecule has 0 saturated heterocycles. The van der Waals surface area contributed by atoms with Crippen molar-refractivity contribution in [2.45, 2.75) is 26.7 Å². The molecule has 2 aromatic carbocycles. The highest BCUT2D eigenvalue weighted by atomic mass is 19.1. The molecule has 0 fully saturated rings. The summed E-state index contributed by atoms with van der Waals surface area (Å²) >= 11 is 0. The molecule has 0 spiro atoms. The van der Waals surface area contributed by atoms with Gasteiger partial charge in [0.2, 0.25) is 0 Å². The molecule has 2 aromatic rings. The maximum Gasteiger partial charge on any atom is 0.133 e. The maximum atomic E-state index is 13.7. The van der Waals surface area contributed by atoms with Gasteiger partial charge in [-0.3, -0.25) is 0 Å². The molecule has 0 aliphatic rings. The smallest absolute Gasteiger partial charge is 0.133 e. The minimum atomic E-state index is -0.472. The lowest BCUT2D eigenvalue weighted by molar-refractivity contribution is 0.582. The van der Waals surface area contributed by atoms with Crippen molar-refractivity contribution in [3.8, 4) is 0 Å². The van der Waals surface area contributed by atoms with Crippen LogP contribution in [0.2, 0.25) is 0 Å². The topological polar surface area (TPSA) is 0 Å². The first-order valence-corrected chi connectivity index (χ1v) is 5.57. The fraction of sp³-hybridized carbons (Fsp3) is 0.286. The van der Waals surface area contributed by atoms with Gasteiger partial charge in [0.1, 0.15) is 11.6 Å². The summed E-state index contributed by atoms with van der Waals surface area (Å²) in [4.78, 5) is 0. The molecule has 0 amide bonds. The largest absolute Gasteiger partial charge is 0.207 e. The molecular formula is C14H14F2. The van der Waals surface area contributed by atoms with E-state index in [2.05, 4.69) is 0 Å². The van der Waals surface area contributed by atoms with E-state index in [1.165, 1.54) is 0 Å². The van der Waals surface area contributed by atoms with Crippen LogP contribution >= 0.6 is 0 Å². The van der Waals surface area contributed by atoms with Crippen LogP contribution in [0.15, 0.2) is 24.3 Å². The quantitative estimate of drug-likeness (QED) is 0.710. The Balaban J connectivity index is 2.94. The molecule has 2 heteroatoms. The van der Waals surface area contributed by atoms with Crippen molar-refractivity contribution in [3.05, 3.63) is 47.0 Å². The lowest BCUT2D eigenvalue weighted by Gasteiger charge is -2.11. The van der Waals surface area contributed by atoms with E-state index < -0.39 is 11.6 Å². The molecule has 0 saturated carbocycles. The van der Waals surface area contributed by atoms with Crippen molar-refractivity contribution in [2.24, 2.45) is 0 Å². The standard InChI is InChI=1S/C14H14F2/c1-3-9-6-5-7-11-13(16)8-12(15)10(4-2)14(9)11/h5-8H,3-4H2,1-2H3. The van der Waals surface area contributed by atoms with Crippen LogP contribution in [-0.4, -0.2) is 0 Å². The Morgan fingerprint density at radius 1 is 1.00 bits per heavy atom. The normalized spacial score (nSPS) is 11.0. The maximum absolute atomic E-state index is 13.7. The molecule has 0 aliphatic heterocycles. The van der Waals surface area contributed by atoms with Crippen LogP contribution in [-0.2, 0) is 12.8 Å². The SMILES string of the molecule is CCc1cccc2c(F)cc(F)c(CC)c12. The Labute approximate surface area is 93.9 Å². The Kier molecular flexibility index (Phi) is 2.90. The zero-order chi connectivity index (χ0) is 11.7. The molecule has 0 bridgehead atoms. The first-order valence-electron chi connectivity index (χ1n) is 5.57. The number of fused-ring (bicyclic) bond motifs is 1. The molecule has 0 radical (unpaired) electrons. The van der Waals surface area contributed by atoms with Crippen LogP contribution in [0.5, 0.6) is 0 Å². The molecule has 0 N–H and O–H groups in total. The van der Waals surface area contributed by atoms with Crippen molar-refractivity contribution in [1.29, 1.82) is 0 Å². The number of aryl methyl sites for hydroxylation is 2. The van der Waals surface area contributed by atoms with E-state index in [1.807, 2.05) is 26.0 Å². The van der Waals surface area contributed by atoms with Crippen molar-refractivity contribution in [3.63, 3.8) is 0 Å². The predicted octanol–water partition coefficient (Wildman–Crippen LogP) is 4.24. The summed E-state index contributed by atoms with van der Waals surface area (Å²) in [6.45, 7) is 3.89. The fourth-order valence-corrected chi connectivity index (χ4v) is 2.19. The van der Waals surface area contributed by atoms with Crippen LogP contribution in [0.1, 0.15) is 25.0 Å². The van der Waals surface area contributed by atoms with E-state index in [-0.39, 0.29) is 0 Å². The monoisotopic (exact) mass is 220 g/mol. The van der Waals surface area contributed by atoms with Crippen LogP contribution in [0, 0.1) is 11.6 Å². The fourth-order valence-electron chi connectivity index (χ4n) is 2.19. The Morgan fingerprint density at radius 2 is 1.75 bits per heavy atom. The van der Waals surface area contributed by atoms with Crippen LogP contribution < -0.4 is 0 Å². The Morgan fingerprint density at radius 3 is 2.38 bits per heavy atom. The summed E-state index contributed by atoms with van der Waals surface area (Å²) in [5.41, 5.74) is 1.63. The van der Waals surface area contributed by atoms with Gasteiger partial charge in [-0.15, -0.1) is 0 Å². The van der Waals surface area contributed by atoms with Gasteiger partial charge in [0.25, 0.3) is 0 Å². The minimum absolute atomic E-state index is 0.437. The van der Waals surface area contributed by atoms with Gasteiger partial charge in [-0.05, 0) is 29.4 Å². The lowest BCUT2D eigenvalue weighted by Crippen LogP contribution is -1.96. The number of halogens is 2. The highest BCUT2D eigenvalue weighted by Crippen LogP contribution is 2.28. The Bertz CT molecular complexity index is 530. The number of hydrogen-bond donors (Lipinski definition) is 0. The first kappa shape index (κ1) is 11.1. The molecule has 0 unspecified atom stereocenters.